The highest BCUT2D eigenvalue weighted by Gasteiger charge is 2.14. The molecule has 0 aromatic carbocycles. The van der Waals surface area contributed by atoms with Crippen molar-refractivity contribution in [2.45, 2.75) is 0 Å². The lowest BCUT2D eigenvalue weighted by atomic mass is 10.4. The summed E-state index contributed by atoms with van der Waals surface area (Å²) >= 11 is 0. The van der Waals surface area contributed by atoms with E-state index in [-0.39, 0.29) is 5.69 Å². The molecule has 0 fully saturated rings. The van der Waals surface area contributed by atoms with Gasteiger partial charge >= 0.3 is 5.56 Å². The second-order valence-corrected chi connectivity index (χ2v) is 1.92. The molecule has 0 unspecified atom stereocenters. The van der Waals surface area contributed by atoms with E-state index in [1.807, 2.05) is 0 Å². The zero-order valence-corrected chi connectivity index (χ0v) is 5.89. The van der Waals surface area contributed by atoms with E-state index in [0.717, 1.165) is 0 Å². The molecule has 5 nitrogen and oxygen atoms in total. The fraction of sp³-hybridized carbons (Fsp3) is 0. The molecule has 2 aliphatic heterocycles. The van der Waals surface area contributed by atoms with Crippen molar-refractivity contribution in [3.63, 3.8) is 0 Å². The average molecular weight is 161 g/mol. The van der Waals surface area contributed by atoms with Crippen LogP contribution in [-0.4, -0.2) is 9.97 Å². The van der Waals surface area contributed by atoms with Gasteiger partial charge < -0.3 is 0 Å². The summed E-state index contributed by atoms with van der Waals surface area (Å²) in [6, 6.07) is 1.54. The molecule has 0 bridgehead atoms. The lowest BCUT2D eigenvalue weighted by molar-refractivity contribution is 1.30. The Morgan fingerprint density at radius 1 is 1.33 bits per heavy atom. The number of rotatable bonds is 0. The maximum atomic E-state index is 10.8. The summed E-state index contributed by atoms with van der Waals surface area (Å²) in [7, 11) is 0. The first-order chi connectivity index (χ1) is 5.79. The van der Waals surface area contributed by atoms with Gasteiger partial charge in [0.1, 0.15) is 5.69 Å². The van der Waals surface area contributed by atoms with Crippen LogP contribution in [0.5, 0.6) is 0 Å². The number of nitriles is 1. The number of aromatic nitrogens is 2. The zero-order valence-electron chi connectivity index (χ0n) is 5.89. The van der Waals surface area contributed by atoms with E-state index in [1.165, 1.54) is 12.3 Å². The molecule has 2 aliphatic rings. The molecule has 0 aliphatic carbocycles. The summed E-state index contributed by atoms with van der Waals surface area (Å²) in [5.41, 5.74) is -0.724. The van der Waals surface area contributed by atoms with Crippen molar-refractivity contribution in [3.8, 4) is 18.0 Å². The second-order valence-electron chi connectivity index (χ2n) is 1.92. The zero-order chi connectivity index (χ0) is 9.14. The minimum absolute atomic E-state index is 0.185. The van der Waals surface area contributed by atoms with Gasteiger partial charge in [-0.25, -0.2) is 10.2 Å². The third kappa shape index (κ3) is 0.953. The number of hydrogen-bond donors (Lipinski definition) is 0. The molecule has 5 heteroatoms. The van der Waals surface area contributed by atoms with Crippen LogP contribution in [0.3, 0.4) is 0 Å². The molecule has 0 atom stereocenters. The smallest absolute Gasteiger partial charge is 0.281 e. The topological polar surface area (TPSA) is 83.7 Å². The Kier molecular flexibility index (Phi) is 1.92. The molecule has 12 heavy (non-hydrogen) atoms. The van der Waals surface area contributed by atoms with Gasteiger partial charge in [0.15, 0.2) is 0 Å². The molecule has 0 aromatic rings. The SMILES string of the molecule is C#N.O=c1nc2ccnc-2c1=O. The van der Waals surface area contributed by atoms with Crippen LogP contribution in [0.4, 0.5) is 0 Å². The molecule has 58 valence electrons. The minimum Gasteiger partial charge on any atom is -0.281 e. The van der Waals surface area contributed by atoms with Gasteiger partial charge in [0.25, 0.3) is 5.43 Å². The van der Waals surface area contributed by atoms with Gasteiger partial charge in [0, 0.05) is 12.8 Å². The molecular weight excluding hydrogens is 158 g/mol. The largest absolute Gasteiger partial charge is 0.320 e. The summed E-state index contributed by atoms with van der Waals surface area (Å²) in [5, 5.41) is 6.50. The second kappa shape index (κ2) is 2.88. The molecule has 2 heterocycles. The minimum atomic E-state index is -0.710. The van der Waals surface area contributed by atoms with Gasteiger partial charge in [0.05, 0.1) is 5.69 Å². The van der Waals surface area contributed by atoms with Crippen LogP contribution in [0, 0.1) is 11.8 Å². The molecule has 0 spiro atoms. The molecule has 0 saturated heterocycles. The van der Waals surface area contributed by atoms with Crippen molar-refractivity contribution >= 4 is 0 Å². The van der Waals surface area contributed by atoms with Crippen LogP contribution >= 0.6 is 0 Å². The predicted molar refractivity (Wildman–Crippen MR) is 40.2 cm³/mol. The van der Waals surface area contributed by atoms with Crippen molar-refractivity contribution in [2.24, 2.45) is 0 Å². The number of fused-ring (bicyclic) bond motifs is 1. The molecule has 0 radical (unpaired) electrons. The van der Waals surface area contributed by atoms with Gasteiger partial charge in [-0.3, -0.25) is 14.6 Å². The van der Waals surface area contributed by atoms with Gasteiger partial charge in [-0.2, -0.15) is 0 Å². The summed E-state index contributed by atoms with van der Waals surface area (Å²) < 4.78 is 0. The number of hydrogen-bond acceptors (Lipinski definition) is 5. The first-order valence-corrected chi connectivity index (χ1v) is 2.97. The van der Waals surface area contributed by atoms with Crippen molar-refractivity contribution < 1.29 is 0 Å². The Morgan fingerprint density at radius 2 is 2.00 bits per heavy atom. The van der Waals surface area contributed by atoms with E-state index in [0.29, 0.717) is 5.69 Å². The van der Waals surface area contributed by atoms with Crippen molar-refractivity contribution in [3.05, 3.63) is 32.8 Å². The summed E-state index contributed by atoms with van der Waals surface area (Å²) in [6.45, 7) is 3.50. The van der Waals surface area contributed by atoms with Crippen molar-refractivity contribution in [1.29, 1.82) is 5.26 Å². The van der Waals surface area contributed by atoms with Crippen molar-refractivity contribution in [1.82, 2.24) is 9.97 Å². The van der Waals surface area contributed by atoms with E-state index >= 15 is 0 Å². The maximum Gasteiger partial charge on any atom is 0.320 e. The summed E-state index contributed by atoms with van der Waals surface area (Å²) in [5.74, 6) is 0. The molecule has 2 rings (SSSR count). The van der Waals surface area contributed by atoms with Crippen LogP contribution in [0.25, 0.3) is 11.4 Å². The fourth-order valence-electron chi connectivity index (χ4n) is 0.854. The van der Waals surface area contributed by atoms with E-state index in [9.17, 15) is 9.59 Å². The van der Waals surface area contributed by atoms with Crippen molar-refractivity contribution in [2.75, 3.05) is 0 Å². The van der Waals surface area contributed by atoms with Crippen LogP contribution in [-0.2, 0) is 0 Å². The Morgan fingerprint density at radius 3 is 2.58 bits per heavy atom. The van der Waals surface area contributed by atoms with Gasteiger partial charge in [-0.05, 0) is 6.07 Å². The average Bonchev–Trinajstić information content (AvgIpc) is 2.62. The van der Waals surface area contributed by atoms with E-state index in [4.69, 9.17) is 5.26 Å². The standard InChI is InChI=1S/C6H2N2O2.CHN/c9-5-4-3(1-2-7-4)8-6(5)10;1-2/h1-2H;1H. The van der Waals surface area contributed by atoms with Gasteiger partial charge in [-0.1, -0.05) is 0 Å². The summed E-state index contributed by atoms with van der Waals surface area (Å²) in [4.78, 5) is 28.4. The lowest BCUT2D eigenvalue weighted by Gasteiger charge is -1.72. The molecule has 0 amide bonds. The first-order valence-electron chi connectivity index (χ1n) is 2.97. The van der Waals surface area contributed by atoms with E-state index in [2.05, 4.69) is 16.5 Å². The lowest BCUT2D eigenvalue weighted by Crippen LogP contribution is -2.19. The Bertz CT molecular complexity index is 453. The highest BCUT2D eigenvalue weighted by atomic mass is 16.2. The van der Waals surface area contributed by atoms with Crippen LogP contribution in [0.2, 0.25) is 0 Å². The third-order valence-corrected chi connectivity index (χ3v) is 1.31. The number of nitrogens with zero attached hydrogens (tertiary/aromatic N) is 3. The highest BCUT2D eigenvalue weighted by molar-refractivity contribution is 5.56. The van der Waals surface area contributed by atoms with E-state index in [1.54, 1.807) is 0 Å². The van der Waals surface area contributed by atoms with Crippen LogP contribution < -0.4 is 11.0 Å². The Hall–Kier alpha value is -2.09. The van der Waals surface area contributed by atoms with Crippen LogP contribution in [0.15, 0.2) is 21.9 Å². The molecule has 0 N–H and O–H groups in total. The quantitative estimate of drug-likeness (QED) is 0.478. The normalized spacial score (nSPS) is 9.17. The monoisotopic (exact) mass is 161 g/mol. The van der Waals surface area contributed by atoms with Crippen LogP contribution in [0.1, 0.15) is 0 Å². The molecule has 0 aromatic heterocycles. The van der Waals surface area contributed by atoms with E-state index < -0.39 is 11.0 Å². The molecular formula is C7H3N3O2. The third-order valence-electron chi connectivity index (χ3n) is 1.31. The Balaban J connectivity index is 0.000000336. The fourth-order valence-corrected chi connectivity index (χ4v) is 0.854. The first kappa shape index (κ1) is 8.01. The van der Waals surface area contributed by atoms with Gasteiger partial charge in [-0.15, -0.1) is 0 Å². The summed E-state index contributed by atoms with van der Waals surface area (Å²) in [6.07, 6.45) is 1.46. The molecule has 0 saturated carbocycles. The Labute approximate surface area is 67.0 Å². The highest BCUT2D eigenvalue weighted by Crippen LogP contribution is 2.08. The predicted octanol–water partition coefficient (Wildman–Crippen LogP) is -0.683. The van der Waals surface area contributed by atoms with Gasteiger partial charge in [0.2, 0.25) is 0 Å². The maximum absolute atomic E-state index is 10.8.